The molecule has 0 radical (unpaired) electrons. The van der Waals surface area contributed by atoms with Crippen LogP contribution in [-0.2, 0) is 35.6 Å². The van der Waals surface area contributed by atoms with Gasteiger partial charge in [0.2, 0.25) is 0 Å². The van der Waals surface area contributed by atoms with Crippen molar-refractivity contribution in [3.8, 4) is 11.1 Å². The van der Waals surface area contributed by atoms with Crippen molar-refractivity contribution in [3.05, 3.63) is 63.7 Å². The van der Waals surface area contributed by atoms with Crippen LogP contribution in [0.5, 0.6) is 0 Å². The molecule has 0 saturated heterocycles. The molecule has 3 rings (SSSR count). The van der Waals surface area contributed by atoms with E-state index in [0.29, 0.717) is 0 Å². The summed E-state index contributed by atoms with van der Waals surface area (Å²) in [6.45, 7) is 27.7. The van der Waals surface area contributed by atoms with Crippen LogP contribution in [0.25, 0.3) is 17.2 Å². The van der Waals surface area contributed by atoms with Gasteiger partial charge in [-0.3, -0.25) is 0 Å². The van der Waals surface area contributed by atoms with Gasteiger partial charge in [-0.15, -0.1) is 0 Å². The molecule has 0 nitrogen and oxygen atoms in total. The molecule has 0 amide bonds. The van der Waals surface area contributed by atoms with Gasteiger partial charge in [0.15, 0.2) is 0 Å². The normalized spacial score (nSPS) is 17.0. The van der Waals surface area contributed by atoms with E-state index in [1.165, 1.54) is 44.5 Å². The second kappa shape index (κ2) is 9.19. The first-order chi connectivity index (χ1) is 15.2. The number of fused-ring (bicyclic) bond motifs is 1. The minimum atomic E-state index is -2.62. The van der Waals surface area contributed by atoms with E-state index in [2.05, 4.69) is 119 Å². The van der Waals surface area contributed by atoms with Crippen LogP contribution in [0.1, 0.15) is 115 Å². The van der Waals surface area contributed by atoms with Crippen LogP contribution < -0.4 is 0 Å². The predicted molar refractivity (Wildman–Crippen MR) is 150 cm³/mol. The average Bonchev–Trinajstić information content (AvgIpc) is 3.05. The van der Waals surface area contributed by atoms with Gasteiger partial charge in [0, 0.05) is 0 Å². The van der Waals surface area contributed by atoms with E-state index < -0.39 is 19.4 Å². The summed E-state index contributed by atoms with van der Waals surface area (Å²) < 4.78 is 0.210. The van der Waals surface area contributed by atoms with Crippen LogP contribution in [0.4, 0.5) is 0 Å². The number of hydrogen-bond acceptors (Lipinski definition) is 0. The third-order valence-corrected chi connectivity index (χ3v) is 12.2. The molecule has 2 aromatic rings. The van der Waals surface area contributed by atoms with E-state index in [1.54, 1.807) is 0 Å². The topological polar surface area (TPSA) is 0 Å². The van der Waals surface area contributed by atoms with Crippen LogP contribution in [-0.4, -0.2) is 0 Å². The van der Waals surface area contributed by atoms with Crippen molar-refractivity contribution < 1.29 is 19.4 Å². The maximum absolute atomic E-state index is 6.83. The Bertz CT molecular complexity index is 1080. The first-order valence-corrected chi connectivity index (χ1v) is 20.2. The van der Waals surface area contributed by atoms with Crippen molar-refractivity contribution in [2.75, 3.05) is 0 Å². The Balaban J connectivity index is 2.48. The van der Waals surface area contributed by atoms with Crippen LogP contribution in [0, 0.1) is 5.41 Å². The molecule has 1 aliphatic rings. The van der Waals surface area contributed by atoms with Gasteiger partial charge in [-0.2, -0.15) is 0 Å². The quantitative estimate of drug-likeness (QED) is 0.333. The maximum atomic E-state index is 6.83. The van der Waals surface area contributed by atoms with Gasteiger partial charge in [0.25, 0.3) is 0 Å². The van der Waals surface area contributed by atoms with Gasteiger partial charge >= 0.3 is 226 Å². The van der Waals surface area contributed by atoms with E-state index >= 15 is 0 Å². The summed E-state index contributed by atoms with van der Waals surface area (Å²) >= 11 is -2.62. The average molecular weight is 578 g/mol. The number of rotatable bonds is 2. The van der Waals surface area contributed by atoms with E-state index in [0.717, 1.165) is 0 Å². The summed E-state index contributed by atoms with van der Waals surface area (Å²) in [7, 11) is 13.7. The van der Waals surface area contributed by atoms with Crippen molar-refractivity contribution >= 4 is 23.1 Å². The monoisotopic (exact) mass is 575 g/mol. The second-order valence-corrected chi connectivity index (χ2v) is 22.9. The van der Waals surface area contributed by atoms with Crippen molar-refractivity contribution in [2.24, 2.45) is 5.41 Å². The Kier molecular flexibility index (Phi) is 7.63. The number of halogens is 2. The number of benzene rings is 2. The summed E-state index contributed by atoms with van der Waals surface area (Å²) in [5.41, 5.74) is 11.1. The molecule has 34 heavy (non-hydrogen) atoms. The molecule has 0 aromatic heterocycles. The number of hydrogen-bond donors (Lipinski definition) is 0. The van der Waals surface area contributed by atoms with Gasteiger partial charge in [0.1, 0.15) is 0 Å². The molecule has 1 unspecified atom stereocenters. The summed E-state index contributed by atoms with van der Waals surface area (Å²) in [5.74, 6) is 0. The molecule has 1 aliphatic carbocycles. The fourth-order valence-electron chi connectivity index (χ4n) is 4.91. The molecular weight excluding hydrogens is 534 g/mol. The molecule has 0 bridgehead atoms. The SMILES string of the molecule is CC(C)(C)C1=Cc2c(ccc(C(C)(C)C)c2-c2cc(C(C)(C)C)cc(C(C)(C)C)c2)[CH]1[Zr]([Cl])[Cl]. The van der Waals surface area contributed by atoms with Crippen LogP contribution in [0.3, 0.4) is 0 Å². The third-order valence-electron chi connectivity index (χ3n) is 7.05. The van der Waals surface area contributed by atoms with Crippen LogP contribution in [0.2, 0.25) is 0 Å². The van der Waals surface area contributed by atoms with Gasteiger partial charge in [0.05, 0.1) is 0 Å². The van der Waals surface area contributed by atoms with Crippen LogP contribution >= 0.6 is 17.0 Å². The van der Waals surface area contributed by atoms with E-state index in [4.69, 9.17) is 17.0 Å². The first-order valence-electron chi connectivity index (χ1n) is 12.5. The molecular formula is C31H43Cl2Zr. The molecule has 2 aromatic carbocycles. The molecule has 0 fully saturated rings. The van der Waals surface area contributed by atoms with Crippen molar-refractivity contribution in [2.45, 2.75) is 103 Å². The van der Waals surface area contributed by atoms with Gasteiger partial charge < -0.3 is 0 Å². The summed E-state index contributed by atoms with van der Waals surface area (Å²) in [4.78, 5) is 0. The Morgan fingerprint density at radius 3 is 1.53 bits per heavy atom. The summed E-state index contributed by atoms with van der Waals surface area (Å²) in [6.07, 6.45) is 2.44. The zero-order valence-electron chi connectivity index (χ0n) is 23.3. The molecule has 0 N–H and O–H groups in total. The van der Waals surface area contributed by atoms with Gasteiger partial charge in [-0.25, -0.2) is 0 Å². The third kappa shape index (κ3) is 5.63. The summed E-state index contributed by atoms with van der Waals surface area (Å²) in [6, 6.07) is 11.9. The Morgan fingerprint density at radius 1 is 0.647 bits per heavy atom. The van der Waals surface area contributed by atoms with Crippen molar-refractivity contribution in [3.63, 3.8) is 0 Å². The zero-order chi connectivity index (χ0) is 26.0. The molecule has 0 heterocycles. The molecule has 1 atom stereocenters. The molecule has 3 heteroatoms. The minimum absolute atomic E-state index is 0.0152. The van der Waals surface area contributed by atoms with Crippen molar-refractivity contribution in [1.29, 1.82) is 0 Å². The summed E-state index contributed by atoms with van der Waals surface area (Å²) in [5, 5.41) is 0. The van der Waals surface area contributed by atoms with Gasteiger partial charge in [-0.1, -0.05) is 0 Å². The van der Waals surface area contributed by atoms with Crippen molar-refractivity contribution in [1.82, 2.24) is 0 Å². The second-order valence-electron chi connectivity index (χ2n) is 14.1. The Morgan fingerprint density at radius 2 is 1.15 bits per heavy atom. The Labute approximate surface area is 224 Å². The van der Waals surface area contributed by atoms with Gasteiger partial charge in [-0.05, 0) is 0 Å². The molecule has 0 spiro atoms. The standard InChI is InChI=1S/C31H43.2ClH.Zr/c1-28(2,3)22-16-21(17-23(18-22)29(4,5)6)27-25-19-24(30(7,8)9)15-20(25)13-14-26(27)31(10,11)12;;;/h13-19H,1-12H3;2*1H;/q;;;+2/p-2. The Hall–Kier alpha value is -0.357. The van der Waals surface area contributed by atoms with Crippen LogP contribution in [0.15, 0.2) is 35.9 Å². The molecule has 0 saturated carbocycles. The fraction of sp³-hybridized carbons (Fsp3) is 0.548. The van der Waals surface area contributed by atoms with E-state index in [1.807, 2.05) is 0 Å². The molecule has 0 aliphatic heterocycles. The number of allylic oxidation sites excluding steroid dienone is 1. The zero-order valence-corrected chi connectivity index (χ0v) is 27.3. The first kappa shape index (κ1) is 28.2. The van der Waals surface area contributed by atoms with E-state index in [9.17, 15) is 0 Å². The van der Waals surface area contributed by atoms with E-state index in [-0.39, 0.29) is 25.3 Å². The fourth-order valence-corrected chi connectivity index (χ4v) is 10.7. The predicted octanol–water partition coefficient (Wildman–Crippen LogP) is 10.7. The molecule has 185 valence electrons.